The summed E-state index contributed by atoms with van der Waals surface area (Å²) < 4.78 is 44.4. The molecule has 0 fully saturated rings. The van der Waals surface area contributed by atoms with Gasteiger partial charge < -0.3 is 9.73 Å². The molecule has 2 aromatic carbocycles. The van der Waals surface area contributed by atoms with E-state index < -0.39 is 17.6 Å². The Morgan fingerprint density at radius 2 is 1.71 bits per heavy atom. The van der Waals surface area contributed by atoms with E-state index in [0.29, 0.717) is 10.7 Å². The molecular weight excluding hydrogens is 476 g/mol. The van der Waals surface area contributed by atoms with Crippen LogP contribution in [0.5, 0.6) is 0 Å². The molecule has 10 heteroatoms. The molecule has 158 valence electrons. The van der Waals surface area contributed by atoms with Crippen LogP contribution in [0.1, 0.15) is 11.3 Å². The predicted molar refractivity (Wildman–Crippen MR) is 113 cm³/mol. The number of nitriles is 1. The minimum absolute atomic E-state index is 0.0231. The lowest BCUT2D eigenvalue weighted by Crippen LogP contribution is -2.13. The van der Waals surface area contributed by atoms with Crippen LogP contribution < -0.4 is 5.32 Å². The van der Waals surface area contributed by atoms with Crippen LogP contribution in [0.3, 0.4) is 0 Å². The van der Waals surface area contributed by atoms with Crippen molar-refractivity contribution in [1.29, 1.82) is 5.26 Å². The van der Waals surface area contributed by atoms with Gasteiger partial charge in [-0.2, -0.15) is 18.4 Å². The average molecular weight is 486 g/mol. The molecule has 1 heterocycles. The van der Waals surface area contributed by atoms with Crippen LogP contribution in [0.4, 0.5) is 18.9 Å². The van der Waals surface area contributed by atoms with Crippen LogP contribution in [0.15, 0.2) is 58.5 Å². The molecule has 1 aromatic heterocycles. The molecule has 0 spiro atoms. The molecule has 0 saturated carbocycles. The molecule has 0 bridgehead atoms. The van der Waals surface area contributed by atoms with Gasteiger partial charge in [-0.05, 0) is 48.5 Å². The maximum atomic E-state index is 13.0. The number of nitrogens with zero attached hydrogens (tertiary/aromatic N) is 1. The van der Waals surface area contributed by atoms with E-state index in [9.17, 15) is 23.2 Å². The Labute approximate surface area is 189 Å². The van der Waals surface area contributed by atoms with Crippen LogP contribution in [0, 0.1) is 11.3 Å². The molecule has 3 aromatic rings. The van der Waals surface area contributed by atoms with E-state index in [0.717, 1.165) is 24.3 Å². The van der Waals surface area contributed by atoms with Gasteiger partial charge >= 0.3 is 6.18 Å². The fraction of sp³-hybridized carbons (Fsp3) is 0.0476. The average Bonchev–Trinajstić information content (AvgIpc) is 3.16. The van der Waals surface area contributed by atoms with Crippen molar-refractivity contribution in [3.05, 3.63) is 80.5 Å². The molecule has 0 radical (unpaired) electrons. The molecule has 0 saturated heterocycles. The lowest BCUT2D eigenvalue weighted by atomic mass is 10.1. The van der Waals surface area contributed by atoms with Gasteiger partial charge in [-0.15, -0.1) is 0 Å². The molecule has 3 rings (SSSR count). The van der Waals surface area contributed by atoms with Crippen molar-refractivity contribution in [1.82, 2.24) is 0 Å². The Morgan fingerprint density at radius 3 is 2.35 bits per heavy atom. The summed E-state index contributed by atoms with van der Waals surface area (Å²) >= 11 is 17.7. The van der Waals surface area contributed by atoms with Gasteiger partial charge in [0, 0.05) is 17.3 Å². The highest BCUT2D eigenvalue weighted by molar-refractivity contribution is 6.42. The van der Waals surface area contributed by atoms with E-state index in [4.69, 9.17) is 39.2 Å². The number of amides is 1. The van der Waals surface area contributed by atoms with Gasteiger partial charge in [0.05, 0.1) is 20.6 Å². The largest absolute Gasteiger partial charge is 0.457 e. The van der Waals surface area contributed by atoms with Crippen molar-refractivity contribution in [2.45, 2.75) is 6.18 Å². The van der Waals surface area contributed by atoms with Crippen molar-refractivity contribution in [2.24, 2.45) is 0 Å². The van der Waals surface area contributed by atoms with E-state index in [2.05, 4.69) is 5.32 Å². The highest BCUT2D eigenvalue weighted by atomic mass is 35.5. The number of halogens is 6. The number of hydrogen-bond acceptors (Lipinski definition) is 3. The maximum Gasteiger partial charge on any atom is 0.416 e. The Kier molecular flexibility index (Phi) is 6.65. The molecule has 0 aliphatic rings. The highest BCUT2D eigenvalue weighted by Gasteiger charge is 2.31. The first-order valence-corrected chi connectivity index (χ1v) is 9.57. The summed E-state index contributed by atoms with van der Waals surface area (Å²) in [5.41, 5.74) is -0.854. The third kappa shape index (κ3) is 5.42. The highest BCUT2D eigenvalue weighted by Crippen LogP contribution is 2.36. The van der Waals surface area contributed by atoms with Crippen LogP contribution in [0.2, 0.25) is 15.1 Å². The number of nitrogens with one attached hydrogen (secondary N) is 1. The minimum Gasteiger partial charge on any atom is -0.457 e. The number of carbonyl (C=O) groups excluding carboxylic acids is 1. The number of benzene rings is 2. The maximum absolute atomic E-state index is 13.0. The third-order valence-electron chi connectivity index (χ3n) is 4.02. The van der Waals surface area contributed by atoms with E-state index in [1.54, 1.807) is 6.07 Å². The molecule has 31 heavy (non-hydrogen) atoms. The number of anilines is 1. The zero-order valence-electron chi connectivity index (χ0n) is 15.2. The summed E-state index contributed by atoms with van der Waals surface area (Å²) in [7, 11) is 0. The van der Waals surface area contributed by atoms with Crippen LogP contribution in [-0.2, 0) is 11.0 Å². The normalized spacial score (nSPS) is 11.8. The Bertz CT molecular complexity index is 1230. The van der Waals surface area contributed by atoms with Gasteiger partial charge in [0.25, 0.3) is 5.91 Å². The van der Waals surface area contributed by atoms with Gasteiger partial charge in [0.1, 0.15) is 23.2 Å². The molecule has 0 aliphatic heterocycles. The first kappa shape index (κ1) is 22.8. The Balaban J connectivity index is 1.86. The fourth-order valence-corrected chi connectivity index (χ4v) is 3.04. The lowest BCUT2D eigenvalue weighted by molar-refractivity contribution is -0.137. The minimum atomic E-state index is -4.55. The van der Waals surface area contributed by atoms with Crippen LogP contribution >= 0.6 is 34.8 Å². The van der Waals surface area contributed by atoms with Gasteiger partial charge in [0.15, 0.2) is 0 Å². The van der Waals surface area contributed by atoms with Gasteiger partial charge in [-0.25, -0.2) is 0 Å². The van der Waals surface area contributed by atoms with Crippen molar-refractivity contribution < 1.29 is 22.4 Å². The van der Waals surface area contributed by atoms with Crippen molar-refractivity contribution in [3.8, 4) is 17.4 Å². The van der Waals surface area contributed by atoms with E-state index in [1.807, 2.05) is 0 Å². The first-order chi connectivity index (χ1) is 14.6. The van der Waals surface area contributed by atoms with Gasteiger partial charge in [0.2, 0.25) is 0 Å². The first-order valence-electron chi connectivity index (χ1n) is 8.43. The number of hydrogen-bond donors (Lipinski definition) is 1. The molecule has 0 aliphatic carbocycles. The fourth-order valence-electron chi connectivity index (χ4n) is 2.53. The predicted octanol–water partition coefficient (Wildman–Crippen LogP) is 7.47. The van der Waals surface area contributed by atoms with E-state index in [1.165, 1.54) is 30.3 Å². The second-order valence-corrected chi connectivity index (χ2v) is 7.37. The standard InChI is InChI=1S/C21H10Cl3F3N2O2/c22-16-4-1-12(21(25,26)27)8-15(16)19-6-3-14(31-19)7-11(10-28)20(30)29-13-2-5-17(23)18(24)9-13/h1-9H,(H,29,30)/b11-7+. The zero-order valence-corrected chi connectivity index (χ0v) is 17.5. The molecular formula is C21H10Cl3F3N2O2. The summed E-state index contributed by atoms with van der Waals surface area (Å²) in [6.45, 7) is 0. The topological polar surface area (TPSA) is 66.0 Å². The SMILES string of the molecule is N#C/C(=C\c1ccc(-c2cc(C(F)(F)F)ccc2Cl)o1)C(=O)Nc1ccc(Cl)c(Cl)c1. The summed E-state index contributed by atoms with van der Waals surface area (Å²) in [6.07, 6.45) is -3.40. The van der Waals surface area contributed by atoms with E-state index >= 15 is 0 Å². The lowest BCUT2D eigenvalue weighted by Gasteiger charge is -2.09. The van der Waals surface area contributed by atoms with Gasteiger partial charge in [-0.3, -0.25) is 4.79 Å². The van der Waals surface area contributed by atoms with Crippen molar-refractivity contribution in [2.75, 3.05) is 5.32 Å². The zero-order chi connectivity index (χ0) is 22.8. The van der Waals surface area contributed by atoms with Crippen LogP contribution in [0.25, 0.3) is 17.4 Å². The summed E-state index contributed by atoms with van der Waals surface area (Å²) in [5, 5.41) is 12.4. The van der Waals surface area contributed by atoms with Crippen LogP contribution in [-0.4, -0.2) is 5.91 Å². The second kappa shape index (κ2) is 9.06. The second-order valence-electron chi connectivity index (χ2n) is 6.15. The van der Waals surface area contributed by atoms with Crippen molar-refractivity contribution in [3.63, 3.8) is 0 Å². The number of alkyl halides is 3. The monoisotopic (exact) mass is 484 g/mol. The summed E-state index contributed by atoms with van der Waals surface area (Å²) in [4.78, 5) is 12.4. The third-order valence-corrected chi connectivity index (χ3v) is 5.08. The molecule has 0 unspecified atom stereocenters. The molecule has 1 amide bonds. The Morgan fingerprint density at radius 1 is 1.00 bits per heavy atom. The molecule has 1 N–H and O–H groups in total. The van der Waals surface area contributed by atoms with E-state index in [-0.39, 0.29) is 32.7 Å². The molecule has 0 atom stereocenters. The quantitative estimate of drug-likeness (QED) is 0.308. The molecule has 4 nitrogen and oxygen atoms in total. The number of carbonyl (C=O) groups is 1. The summed E-state index contributed by atoms with van der Waals surface area (Å²) in [5.74, 6) is -0.621. The smallest absolute Gasteiger partial charge is 0.416 e. The number of furan rings is 1. The number of rotatable bonds is 4. The van der Waals surface area contributed by atoms with Crippen molar-refractivity contribution >= 4 is 52.5 Å². The summed E-state index contributed by atoms with van der Waals surface area (Å²) in [6, 6.07) is 11.8. The Hall–Kier alpha value is -2.92. The van der Waals surface area contributed by atoms with Gasteiger partial charge in [-0.1, -0.05) is 34.8 Å².